The van der Waals surface area contributed by atoms with Crippen LogP contribution in [0.25, 0.3) is 0 Å². The van der Waals surface area contributed by atoms with Crippen molar-refractivity contribution in [2.45, 2.75) is 229 Å². The maximum atomic E-state index is 13.1. The number of aliphatic hydroxyl groups excluding tert-OH is 19. The van der Waals surface area contributed by atoms with E-state index in [-0.39, 0.29) is 0 Å². The lowest BCUT2D eigenvalue weighted by Crippen LogP contribution is -2.68. The van der Waals surface area contributed by atoms with Crippen molar-refractivity contribution < 1.29 is 173 Å². The molecule has 0 amide bonds. The molecule has 456 valence electrons. The van der Waals surface area contributed by atoms with Crippen molar-refractivity contribution in [3.05, 3.63) is 0 Å². The van der Waals surface area contributed by atoms with Crippen LogP contribution in [0.3, 0.4) is 0 Å². The largest absolute Gasteiger partial charge is 0.394 e. The smallest absolute Gasteiger partial charge is 0.187 e. The van der Waals surface area contributed by atoms with Gasteiger partial charge in [-0.2, -0.15) is 0 Å². The summed E-state index contributed by atoms with van der Waals surface area (Å²) in [6, 6.07) is 0. The van der Waals surface area contributed by atoms with Crippen LogP contribution in [0.1, 0.15) is 13.8 Å². The Morgan fingerprint density at radius 1 is 0.241 bits per heavy atom. The van der Waals surface area contributed by atoms with Gasteiger partial charge < -0.3 is 163 Å². The minimum Gasteiger partial charge on any atom is -0.394 e. The molecule has 19 N–H and O–H groups in total. The Bertz CT molecular complexity index is 1970. The van der Waals surface area contributed by atoms with Crippen molar-refractivity contribution in [1.82, 2.24) is 0 Å². The van der Waals surface area contributed by atoms with Gasteiger partial charge in [-0.15, -0.1) is 0 Å². The Kier molecular flexibility index (Phi) is 20.8. The summed E-state index contributed by atoms with van der Waals surface area (Å²) in [7, 11) is 0. The SMILES string of the molecule is CC(=O)[C@H]1O[C@@H]2O[C@H]3[C@H](O)[C@@H](O)[C@@H](O[C@H]4[C@H](O)[C@@H](O)[C@@H](O[C@H]5[C@H](O)[C@@H](O)[C@@H](O[C@H]6[C@H](O)[C@@H](O)[C@@H](O[C@H]7[C@@H](O)[C@H](O)[C@@H](O[C@H]8[C@@H](O)[C@H](O)[C@@H](O[C@H]1[C@H](O)[C@H]2O)O[C@@H]8CO)O[C@@H]7CO)O[C@@H]6C(C)=O)O[C@H]5CO)O[C@@H]4CO)O[C@@H]3CO. The Morgan fingerprint density at radius 2 is 0.392 bits per heavy atom. The van der Waals surface area contributed by atoms with Crippen molar-refractivity contribution in [1.29, 1.82) is 0 Å². The normalized spacial score (nSPS) is 54.2. The summed E-state index contributed by atoms with van der Waals surface area (Å²) >= 11 is 0. The van der Waals surface area contributed by atoms with Gasteiger partial charge >= 0.3 is 0 Å². The van der Waals surface area contributed by atoms with Crippen molar-refractivity contribution in [3.63, 3.8) is 0 Å². The number of hydrogen-bond acceptors (Lipinski definition) is 35. The minimum absolute atomic E-state index is 0.932. The minimum atomic E-state index is -2.27. The molecule has 0 saturated carbocycles. The van der Waals surface area contributed by atoms with Gasteiger partial charge in [0.15, 0.2) is 55.6 Å². The topological polar surface area (TPSA) is 548 Å². The van der Waals surface area contributed by atoms with E-state index in [1.807, 2.05) is 0 Å². The van der Waals surface area contributed by atoms with Gasteiger partial charge in [-0.25, -0.2) is 0 Å². The number of Topliss-reactive ketones (excluding diaryl/α,β-unsaturated/α-hetero) is 2. The van der Waals surface area contributed by atoms with Crippen LogP contribution in [0, 0.1) is 0 Å². The van der Waals surface area contributed by atoms with Crippen LogP contribution in [-0.4, -0.2) is 357 Å². The molecule has 35 nitrogen and oxygen atoms in total. The van der Waals surface area contributed by atoms with Crippen molar-refractivity contribution in [2.24, 2.45) is 0 Å². The number of ketones is 2. The van der Waals surface area contributed by atoms with Crippen LogP contribution in [-0.2, 0) is 75.9 Å². The maximum absolute atomic E-state index is 13.1. The maximum Gasteiger partial charge on any atom is 0.187 e. The average Bonchev–Trinajstić information content (AvgIpc) is 3.53. The molecule has 0 aliphatic carbocycles. The lowest BCUT2D eigenvalue weighted by atomic mass is 9.94. The van der Waals surface area contributed by atoms with Gasteiger partial charge in [-0.1, -0.05) is 0 Å². The number of rotatable bonds is 7. The van der Waals surface area contributed by atoms with Gasteiger partial charge in [0.25, 0.3) is 0 Å². The molecule has 21 saturated heterocycles. The molecule has 21 fully saturated rings. The van der Waals surface area contributed by atoms with E-state index >= 15 is 0 Å². The first-order chi connectivity index (χ1) is 37.4. The van der Waals surface area contributed by atoms with Crippen molar-refractivity contribution in [2.75, 3.05) is 33.0 Å². The summed E-state index contributed by atoms with van der Waals surface area (Å²) in [4.78, 5) is 26.1. The van der Waals surface area contributed by atoms with E-state index in [1.165, 1.54) is 0 Å². The molecule has 79 heavy (non-hydrogen) atoms. The molecule has 0 radical (unpaired) electrons. The molecule has 0 unspecified atom stereocenters. The second kappa shape index (κ2) is 26.1. The third-order valence-electron chi connectivity index (χ3n) is 15.0. The van der Waals surface area contributed by atoms with E-state index in [4.69, 9.17) is 66.3 Å². The zero-order chi connectivity index (χ0) is 57.8. The number of carbonyl (C=O) groups is 2. The van der Waals surface area contributed by atoms with E-state index in [0.717, 1.165) is 13.8 Å². The molecule has 0 aromatic rings. The van der Waals surface area contributed by atoms with E-state index in [9.17, 15) is 107 Å². The quantitative estimate of drug-likeness (QED) is 0.113. The Morgan fingerprint density at radius 3 is 0.557 bits per heavy atom. The first-order valence-corrected chi connectivity index (χ1v) is 25.2. The number of carbonyl (C=O) groups excluding carboxylic acids is 2. The summed E-state index contributed by atoms with van der Waals surface area (Å²) in [6.45, 7) is -3.50. The Hall–Kier alpha value is -1.98. The monoisotopic (exact) mass is 1160 g/mol. The summed E-state index contributed by atoms with van der Waals surface area (Å²) in [5.74, 6) is -1.88. The van der Waals surface area contributed by atoms with Crippen LogP contribution < -0.4 is 0 Å². The van der Waals surface area contributed by atoms with Gasteiger partial charge in [0.05, 0.1) is 33.0 Å². The lowest BCUT2D eigenvalue weighted by Gasteiger charge is -2.49. The van der Waals surface area contributed by atoms with Crippen LogP contribution in [0.4, 0.5) is 0 Å². The molecule has 14 bridgehead atoms. The fourth-order valence-electron chi connectivity index (χ4n) is 10.6. The number of hydrogen-bond donors (Lipinski definition) is 19. The van der Waals surface area contributed by atoms with Gasteiger partial charge in [0.1, 0.15) is 171 Å². The molecular formula is C44H70O35. The molecule has 0 aromatic carbocycles. The fourth-order valence-corrected chi connectivity index (χ4v) is 10.6. The van der Waals surface area contributed by atoms with Crippen LogP contribution in [0.15, 0.2) is 0 Å². The zero-order valence-electron chi connectivity index (χ0n) is 41.8. The third-order valence-corrected chi connectivity index (χ3v) is 15.0. The van der Waals surface area contributed by atoms with Crippen molar-refractivity contribution in [3.8, 4) is 0 Å². The summed E-state index contributed by atoms with van der Waals surface area (Å²) in [6.07, 6.45) is -72.3. The number of aliphatic hydroxyl groups is 19. The molecule has 35 heteroatoms. The van der Waals surface area contributed by atoms with Crippen molar-refractivity contribution >= 4 is 11.6 Å². The standard InChI is InChI=1S/C44H70O35/c1-8(50)29-36-21(58)28(65)44(72-29)77-35-14(7-49)68-40(24(61)17(35)54)75-33-12(5-47)70-42(26(63)19(33)56)79-37-20(57)27(64)43(71-30(37)9(2)51)76-34-13(6-48)67-39(23(60)16(34)53)73-31-10(3-45)66-38(22(59)15(31)52)74-32-11(4-46)69-41(78-36)25(62)18(32)55/h10-49,52-65H,3-7H2,1-2H3/t10-,11+,12-,13-,14-,15-,16-,17+,18-,19+,20-,21-,22-,23-,24+,25-,26+,27-,28-,29-,30-,31-,32-,33-,34-,35-,36+,37+,38-,39-,40-,41-,42-,43-,44-/m1/s1. The summed E-state index contributed by atoms with van der Waals surface area (Å²) in [5.41, 5.74) is 0. The predicted octanol–water partition coefficient (Wildman–Crippen LogP) is -14.0. The summed E-state index contributed by atoms with van der Waals surface area (Å²) < 4.78 is 79.6. The highest BCUT2D eigenvalue weighted by Crippen LogP contribution is 2.39. The van der Waals surface area contributed by atoms with E-state index < -0.39 is 260 Å². The number of ether oxygens (including phenoxy) is 14. The van der Waals surface area contributed by atoms with Gasteiger partial charge in [-0.05, 0) is 13.8 Å². The predicted molar refractivity (Wildman–Crippen MR) is 236 cm³/mol. The van der Waals surface area contributed by atoms with Crippen LogP contribution in [0.2, 0.25) is 0 Å². The first-order valence-electron chi connectivity index (χ1n) is 25.2. The molecule has 21 heterocycles. The lowest BCUT2D eigenvalue weighted by molar-refractivity contribution is -0.394. The highest BCUT2D eigenvalue weighted by molar-refractivity contribution is 5.81. The van der Waals surface area contributed by atoms with Crippen LogP contribution in [0.5, 0.6) is 0 Å². The molecule has 21 aliphatic rings. The molecule has 0 spiro atoms. The van der Waals surface area contributed by atoms with Gasteiger partial charge in [0, 0.05) is 0 Å². The molecular weight excluding hydrogens is 1090 g/mol. The third kappa shape index (κ3) is 12.3. The fraction of sp³-hybridized carbons (Fsp3) is 0.955. The summed E-state index contributed by atoms with van der Waals surface area (Å²) in [5, 5.41) is 210. The first kappa shape index (κ1) is 63.1. The average molecular weight is 1160 g/mol. The molecule has 21 aliphatic heterocycles. The molecule has 0 aromatic heterocycles. The Balaban J connectivity index is 1.09. The highest BCUT2D eigenvalue weighted by atomic mass is 16.8. The zero-order valence-corrected chi connectivity index (χ0v) is 41.8. The van der Waals surface area contributed by atoms with Gasteiger partial charge in [0.2, 0.25) is 0 Å². The Labute approximate surface area is 445 Å². The second-order valence-electron chi connectivity index (χ2n) is 20.3. The van der Waals surface area contributed by atoms with Crippen LogP contribution >= 0.6 is 0 Å². The van der Waals surface area contributed by atoms with E-state index in [2.05, 4.69) is 0 Å². The van der Waals surface area contributed by atoms with Gasteiger partial charge in [-0.3, -0.25) is 9.59 Å². The highest BCUT2D eigenvalue weighted by Gasteiger charge is 2.60. The molecule has 35 atom stereocenters. The van der Waals surface area contributed by atoms with E-state index in [1.54, 1.807) is 0 Å². The second-order valence-corrected chi connectivity index (χ2v) is 20.3. The van der Waals surface area contributed by atoms with E-state index in [0.29, 0.717) is 0 Å². The molecule has 21 rings (SSSR count).